The lowest BCUT2D eigenvalue weighted by Crippen LogP contribution is -2.11. The van der Waals surface area contributed by atoms with Crippen LogP contribution in [-0.4, -0.2) is 30.2 Å². The zero-order chi connectivity index (χ0) is 20.2. The molecule has 6 heteroatoms. The third-order valence-electron chi connectivity index (χ3n) is 6.48. The SMILES string of the molecule is Cc1cn(C2CCc3cc(-c4ccccc4-c4nn[nH]n4)cc(C)c32)c(C2CC2)n1. The van der Waals surface area contributed by atoms with Crippen LogP contribution in [0.1, 0.15) is 59.4 Å². The van der Waals surface area contributed by atoms with Gasteiger partial charge in [0, 0.05) is 17.7 Å². The number of aryl methyl sites for hydroxylation is 3. The van der Waals surface area contributed by atoms with Crippen molar-refractivity contribution in [2.75, 3.05) is 0 Å². The number of rotatable bonds is 4. The zero-order valence-corrected chi connectivity index (χ0v) is 17.3. The molecule has 1 unspecified atom stereocenters. The van der Waals surface area contributed by atoms with Crippen molar-refractivity contribution in [3.8, 4) is 22.5 Å². The average molecular weight is 396 g/mol. The van der Waals surface area contributed by atoms with Crippen LogP contribution in [-0.2, 0) is 6.42 Å². The minimum absolute atomic E-state index is 0.401. The first-order chi connectivity index (χ1) is 14.7. The van der Waals surface area contributed by atoms with Crippen molar-refractivity contribution in [2.24, 2.45) is 0 Å². The molecule has 150 valence electrons. The number of aromatic nitrogens is 6. The molecule has 30 heavy (non-hydrogen) atoms. The fourth-order valence-electron chi connectivity index (χ4n) is 5.06. The molecule has 0 saturated heterocycles. The monoisotopic (exact) mass is 396 g/mol. The first-order valence-electron chi connectivity index (χ1n) is 10.7. The third kappa shape index (κ3) is 2.78. The van der Waals surface area contributed by atoms with E-state index in [9.17, 15) is 0 Å². The molecule has 6 nitrogen and oxygen atoms in total. The molecule has 2 aliphatic carbocycles. The highest BCUT2D eigenvalue weighted by molar-refractivity contribution is 5.81. The van der Waals surface area contributed by atoms with Gasteiger partial charge < -0.3 is 4.57 Å². The largest absolute Gasteiger partial charge is 0.327 e. The summed E-state index contributed by atoms with van der Waals surface area (Å²) in [5, 5.41) is 14.7. The number of benzene rings is 2. The van der Waals surface area contributed by atoms with Gasteiger partial charge in [0.05, 0.1) is 11.7 Å². The molecule has 1 fully saturated rings. The molecule has 2 aromatic heterocycles. The van der Waals surface area contributed by atoms with Crippen LogP contribution in [0, 0.1) is 13.8 Å². The average Bonchev–Trinajstić information content (AvgIpc) is 3.15. The summed E-state index contributed by atoms with van der Waals surface area (Å²) in [6.07, 6.45) is 7.05. The van der Waals surface area contributed by atoms with Crippen molar-refractivity contribution in [3.05, 3.63) is 70.8 Å². The van der Waals surface area contributed by atoms with Crippen molar-refractivity contribution in [2.45, 2.75) is 51.5 Å². The Morgan fingerprint density at radius 1 is 1.03 bits per heavy atom. The fraction of sp³-hybridized carbons (Fsp3) is 0.333. The summed E-state index contributed by atoms with van der Waals surface area (Å²) in [6.45, 7) is 4.36. The van der Waals surface area contributed by atoms with Crippen molar-refractivity contribution >= 4 is 0 Å². The van der Waals surface area contributed by atoms with Gasteiger partial charge >= 0.3 is 0 Å². The van der Waals surface area contributed by atoms with Gasteiger partial charge in [-0.2, -0.15) is 5.21 Å². The second-order valence-electron chi connectivity index (χ2n) is 8.62. The fourth-order valence-corrected chi connectivity index (χ4v) is 5.06. The van der Waals surface area contributed by atoms with Crippen LogP contribution in [0.3, 0.4) is 0 Å². The Kier molecular flexibility index (Phi) is 3.88. The van der Waals surface area contributed by atoms with E-state index in [1.165, 1.54) is 40.9 Å². The van der Waals surface area contributed by atoms with E-state index >= 15 is 0 Å². The summed E-state index contributed by atoms with van der Waals surface area (Å²) in [6, 6.07) is 13.4. The van der Waals surface area contributed by atoms with Gasteiger partial charge in [-0.25, -0.2) is 4.98 Å². The lowest BCUT2D eigenvalue weighted by atomic mass is 9.92. The molecule has 0 spiro atoms. The Morgan fingerprint density at radius 2 is 1.87 bits per heavy atom. The number of fused-ring (bicyclic) bond motifs is 1. The van der Waals surface area contributed by atoms with Gasteiger partial charge in [-0.1, -0.05) is 36.4 Å². The summed E-state index contributed by atoms with van der Waals surface area (Å²) in [7, 11) is 0. The molecule has 4 aromatic rings. The number of nitrogens with zero attached hydrogens (tertiary/aromatic N) is 5. The molecule has 1 atom stereocenters. The van der Waals surface area contributed by atoms with Gasteiger partial charge in [-0.3, -0.25) is 0 Å². The Labute approximate surface area is 175 Å². The van der Waals surface area contributed by atoms with Crippen molar-refractivity contribution in [1.82, 2.24) is 30.2 Å². The summed E-state index contributed by atoms with van der Waals surface area (Å²) < 4.78 is 2.47. The number of hydrogen-bond donors (Lipinski definition) is 1. The molecule has 1 N–H and O–H groups in total. The Morgan fingerprint density at radius 3 is 2.63 bits per heavy atom. The summed E-state index contributed by atoms with van der Waals surface area (Å²) in [4.78, 5) is 4.87. The van der Waals surface area contributed by atoms with E-state index in [0.29, 0.717) is 17.8 Å². The molecule has 2 aromatic carbocycles. The quantitative estimate of drug-likeness (QED) is 0.540. The number of nitrogens with one attached hydrogen (secondary N) is 1. The highest BCUT2D eigenvalue weighted by atomic mass is 15.5. The van der Waals surface area contributed by atoms with Crippen LogP contribution in [0.15, 0.2) is 42.6 Å². The van der Waals surface area contributed by atoms with Crippen LogP contribution in [0.5, 0.6) is 0 Å². The minimum Gasteiger partial charge on any atom is -0.327 e. The van der Waals surface area contributed by atoms with Crippen LogP contribution in [0.4, 0.5) is 0 Å². The van der Waals surface area contributed by atoms with E-state index in [1.54, 1.807) is 0 Å². The van der Waals surface area contributed by atoms with E-state index < -0.39 is 0 Å². The third-order valence-corrected chi connectivity index (χ3v) is 6.48. The Balaban J connectivity index is 1.44. The molecule has 0 radical (unpaired) electrons. The van der Waals surface area contributed by atoms with Crippen LogP contribution < -0.4 is 0 Å². The summed E-state index contributed by atoms with van der Waals surface area (Å²) in [5.74, 6) is 2.57. The maximum atomic E-state index is 4.87. The Hall–Kier alpha value is -3.28. The molecule has 6 rings (SSSR count). The van der Waals surface area contributed by atoms with Crippen LogP contribution in [0.25, 0.3) is 22.5 Å². The molecular weight excluding hydrogens is 372 g/mol. The van der Waals surface area contributed by atoms with Gasteiger partial charge in [0.15, 0.2) is 0 Å². The predicted molar refractivity (Wildman–Crippen MR) is 115 cm³/mol. The molecule has 1 saturated carbocycles. The van der Waals surface area contributed by atoms with E-state index in [2.05, 4.69) is 75.6 Å². The molecule has 2 heterocycles. The predicted octanol–water partition coefficient (Wildman–Crippen LogP) is 4.76. The van der Waals surface area contributed by atoms with Crippen molar-refractivity contribution in [1.29, 1.82) is 0 Å². The number of tetrazole rings is 1. The van der Waals surface area contributed by atoms with Crippen LogP contribution >= 0.6 is 0 Å². The standard InChI is InChI=1S/C24H24N6/c1-14-11-18(19-5-3-4-6-20(19)23-26-28-29-27-23)12-17-9-10-21(22(14)17)30-13-15(2)25-24(30)16-7-8-16/h3-6,11-13,16,21H,7-10H2,1-2H3,(H,26,27,28,29). The van der Waals surface area contributed by atoms with Gasteiger partial charge in [-0.05, 0) is 72.6 Å². The maximum Gasteiger partial charge on any atom is 0.205 e. The maximum absolute atomic E-state index is 4.87. The van der Waals surface area contributed by atoms with Gasteiger partial charge in [0.25, 0.3) is 0 Å². The highest BCUT2D eigenvalue weighted by Gasteiger charge is 2.34. The molecule has 0 aliphatic heterocycles. The summed E-state index contributed by atoms with van der Waals surface area (Å²) >= 11 is 0. The van der Waals surface area contributed by atoms with E-state index in [1.807, 2.05) is 6.07 Å². The molecule has 2 aliphatic rings. The lowest BCUT2D eigenvalue weighted by Gasteiger charge is -2.20. The normalized spacial score (nSPS) is 18.0. The molecule has 0 amide bonds. The van der Waals surface area contributed by atoms with Gasteiger partial charge in [-0.15, -0.1) is 10.2 Å². The van der Waals surface area contributed by atoms with Crippen LogP contribution in [0.2, 0.25) is 0 Å². The number of imidazole rings is 1. The smallest absolute Gasteiger partial charge is 0.205 e. The van der Waals surface area contributed by atoms with Gasteiger partial charge in [0.2, 0.25) is 5.82 Å². The van der Waals surface area contributed by atoms with E-state index in [-0.39, 0.29) is 0 Å². The second kappa shape index (κ2) is 6.62. The van der Waals surface area contributed by atoms with Crippen molar-refractivity contribution in [3.63, 3.8) is 0 Å². The molecule has 0 bridgehead atoms. The topological polar surface area (TPSA) is 72.3 Å². The lowest BCUT2D eigenvalue weighted by molar-refractivity contribution is 0.551. The first kappa shape index (κ1) is 17.6. The first-order valence-corrected chi connectivity index (χ1v) is 10.7. The highest BCUT2D eigenvalue weighted by Crippen LogP contribution is 2.45. The van der Waals surface area contributed by atoms with E-state index in [0.717, 1.165) is 29.7 Å². The number of H-pyrrole nitrogens is 1. The van der Waals surface area contributed by atoms with Gasteiger partial charge in [0.1, 0.15) is 5.82 Å². The van der Waals surface area contributed by atoms with E-state index in [4.69, 9.17) is 4.98 Å². The number of hydrogen-bond acceptors (Lipinski definition) is 4. The number of aromatic amines is 1. The zero-order valence-electron chi connectivity index (χ0n) is 17.3. The Bertz CT molecular complexity index is 1230. The molecular formula is C24H24N6. The summed E-state index contributed by atoms with van der Waals surface area (Å²) in [5.41, 5.74) is 8.78. The minimum atomic E-state index is 0.401. The van der Waals surface area contributed by atoms with Crippen molar-refractivity contribution < 1.29 is 0 Å². The second-order valence-corrected chi connectivity index (χ2v) is 8.62.